The number of nitrogens with zero attached hydrogens (tertiary/aromatic N) is 3. The molecule has 0 atom stereocenters. The van der Waals surface area contributed by atoms with E-state index in [0.717, 1.165) is 11.8 Å². The van der Waals surface area contributed by atoms with Crippen molar-refractivity contribution in [3.8, 4) is 23.1 Å². The number of anilines is 2. The summed E-state index contributed by atoms with van der Waals surface area (Å²) in [5.74, 6) is 0.724. The quantitative estimate of drug-likeness (QED) is 0.265. The maximum Gasteiger partial charge on any atom is 0.265 e. The molecule has 4 rings (SSSR count). The number of aldehydes is 1. The van der Waals surface area contributed by atoms with Crippen LogP contribution in [0.5, 0.6) is 23.1 Å². The van der Waals surface area contributed by atoms with E-state index in [2.05, 4.69) is 35.5 Å². The third-order valence-electron chi connectivity index (χ3n) is 6.13. The SMILES string of the molecule is COc1ccccc1Oc1c(NS(=O)(=O)c2ccc(C(C)(C)C)cc2)nc(N2CCOCC2)nc1OCCC=O. The first-order valence-electron chi connectivity index (χ1n) is 12.9. The number of carbonyl (C=O) groups is 1. The number of ether oxygens (including phenoxy) is 4. The summed E-state index contributed by atoms with van der Waals surface area (Å²) in [7, 11) is -2.61. The molecule has 2 aromatic carbocycles. The number of hydrogen-bond acceptors (Lipinski definition) is 10. The molecule has 1 aliphatic heterocycles. The van der Waals surface area contributed by atoms with E-state index in [4.69, 9.17) is 18.9 Å². The van der Waals surface area contributed by atoms with Gasteiger partial charge >= 0.3 is 0 Å². The van der Waals surface area contributed by atoms with Crippen LogP contribution in [0.15, 0.2) is 53.4 Å². The van der Waals surface area contributed by atoms with E-state index in [-0.39, 0.29) is 46.7 Å². The third kappa shape index (κ3) is 6.99. The number of nitrogens with one attached hydrogen (secondary N) is 1. The zero-order valence-corrected chi connectivity index (χ0v) is 23.9. The first-order valence-corrected chi connectivity index (χ1v) is 14.4. The van der Waals surface area contributed by atoms with Crippen molar-refractivity contribution in [2.24, 2.45) is 0 Å². The highest BCUT2D eigenvalue weighted by molar-refractivity contribution is 7.92. The summed E-state index contributed by atoms with van der Waals surface area (Å²) in [4.78, 5) is 22.0. The predicted octanol–water partition coefficient (Wildman–Crippen LogP) is 4.18. The van der Waals surface area contributed by atoms with Crippen LogP contribution < -0.4 is 23.8 Å². The number of aromatic nitrogens is 2. The first kappa shape index (κ1) is 29.1. The number of rotatable bonds is 11. The first-order chi connectivity index (χ1) is 19.1. The molecule has 0 unspecified atom stereocenters. The number of carbonyl (C=O) groups excluding carboxylic acids is 1. The largest absolute Gasteiger partial charge is 0.493 e. The molecule has 0 bridgehead atoms. The van der Waals surface area contributed by atoms with Gasteiger partial charge in [-0.2, -0.15) is 9.97 Å². The number of hydrogen-bond donors (Lipinski definition) is 1. The molecule has 12 heteroatoms. The Morgan fingerprint density at radius 2 is 1.70 bits per heavy atom. The molecule has 40 heavy (non-hydrogen) atoms. The molecule has 0 spiro atoms. The Morgan fingerprint density at radius 3 is 2.33 bits per heavy atom. The molecule has 1 aromatic heterocycles. The summed E-state index contributed by atoms with van der Waals surface area (Å²) in [6.45, 7) is 8.09. The zero-order chi connectivity index (χ0) is 28.8. The van der Waals surface area contributed by atoms with Gasteiger partial charge in [-0.05, 0) is 35.2 Å². The molecule has 1 saturated heterocycles. The summed E-state index contributed by atoms with van der Waals surface area (Å²) in [6.07, 6.45) is 0.821. The molecule has 11 nitrogen and oxygen atoms in total. The second-order valence-corrected chi connectivity index (χ2v) is 11.7. The van der Waals surface area contributed by atoms with E-state index in [0.29, 0.717) is 37.8 Å². The van der Waals surface area contributed by atoms with Crippen LogP contribution in [-0.4, -0.2) is 64.7 Å². The van der Waals surface area contributed by atoms with Crippen LogP contribution >= 0.6 is 0 Å². The average Bonchev–Trinajstić information content (AvgIpc) is 2.94. The smallest absolute Gasteiger partial charge is 0.265 e. The van der Waals surface area contributed by atoms with Crippen molar-refractivity contribution in [2.45, 2.75) is 37.5 Å². The van der Waals surface area contributed by atoms with Crippen molar-refractivity contribution in [2.75, 3.05) is 49.6 Å². The van der Waals surface area contributed by atoms with Crippen molar-refractivity contribution < 1.29 is 32.2 Å². The number of sulfonamides is 1. The van der Waals surface area contributed by atoms with Crippen LogP contribution in [0.3, 0.4) is 0 Å². The summed E-state index contributed by atoms with van der Waals surface area (Å²) in [5, 5.41) is 0. The molecule has 0 radical (unpaired) electrons. The minimum absolute atomic E-state index is 0.00576. The summed E-state index contributed by atoms with van der Waals surface area (Å²) in [5.41, 5.74) is 0.855. The van der Waals surface area contributed by atoms with Gasteiger partial charge in [0.1, 0.15) is 6.29 Å². The van der Waals surface area contributed by atoms with Gasteiger partial charge in [0.05, 0.1) is 31.8 Å². The molecule has 0 saturated carbocycles. The lowest BCUT2D eigenvalue weighted by Crippen LogP contribution is -2.37. The lowest BCUT2D eigenvalue weighted by atomic mass is 9.87. The molecule has 1 N–H and O–H groups in total. The van der Waals surface area contributed by atoms with Crippen LogP contribution in [-0.2, 0) is 25.0 Å². The maximum atomic E-state index is 13.6. The Kier molecular flexibility index (Phi) is 9.10. The van der Waals surface area contributed by atoms with Gasteiger partial charge in [0, 0.05) is 19.5 Å². The van der Waals surface area contributed by atoms with E-state index in [1.165, 1.54) is 7.11 Å². The fourth-order valence-electron chi connectivity index (χ4n) is 3.92. The normalized spacial score (nSPS) is 13.9. The lowest BCUT2D eigenvalue weighted by molar-refractivity contribution is -0.108. The van der Waals surface area contributed by atoms with Gasteiger partial charge in [-0.15, -0.1) is 0 Å². The minimum Gasteiger partial charge on any atom is -0.493 e. The minimum atomic E-state index is -4.10. The summed E-state index contributed by atoms with van der Waals surface area (Å²) < 4.78 is 52.6. The molecule has 3 aromatic rings. The molecule has 1 fully saturated rings. The Bertz CT molecular complexity index is 1420. The monoisotopic (exact) mass is 570 g/mol. The van der Waals surface area contributed by atoms with E-state index >= 15 is 0 Å². The van der Waals surface area contributed by atoms with Gasteiger partial charge in [-0.25, -0.2) is 8.42 Å². The molecule has 1 aliphatic rings. The van der Waals surface area contributed by atoms with E-state index in [9.17, 15) is 13.2 Å². The summed E-state index contributed by atoms with van der Waals surface area (Å²) in [6, 6.07) is 13.6. The van der Waals surface area contributed by atoms with Crippen LogP contribution in [0.1, 0.15) is 32.8 Å². The number of morpholine rings is 1. The topological polar surface area (TPSA) is 129 Å². The second-order valence-electron chi connectivity index (χ2n) is 10.0. The van der Waals surface area contributed by atoms with Crippen molar-refractivity contribution in [3.63, 3.8) is 0 Å². The van der Waals surface area contributed by atoms with Gasteiger partial charge in [-0.1, -0.05) is 45.0 Å². The van der Waals surface area contributed by atoms with Crippen molar-refractivity contribution in [1.82, 2.24) is 9.97 Å². The standard InChI is InChI=1S/C28H34N4O7S/c1-28(2,3)20-10-12-21(13-11-20)40(34,35)31-25-24(39-23-9-6-5-8-22(23)36-4)26(38-17-7-16-33)30-27(29-25)32-14-18-37-19-15-32/h5-6,8-13,16H,7,14-15,17-19H2,1-4H3,(H,29,30,31). The Morgan fingerprint density at radius 1 is 1.02 bits per heavy atom. The van der Waals surface area contributed by atoms with E-state index < -0.39 is 10.0 Å². The van der Waals surface area contributed by atoms with Crippen LogP contribution in [0, 0.1) is 0 Å². The number of methoxy groups -OCH3 is 1. The molecule has 0 aliphatic carbocycles. The highest BCUT2D eigenvalue weighted by Crippen LogP contribution is 2.41. The zero-order valence-electron chi connectivity index (χ0n) is 23.0. The lowest BCUT2D eigenvalue weighted by Gasteiger charge is -2.28. The van der Waals surface area contributed by atoms with Crippen LogP contribution in [0.25, 0.3) is 0 Å². The fraction of sp³-hybridized carbons (Fsp3) is 0.393. The number of benzene rings is 2. The molecule has 2 heterocycles. The van der Waals surface area contributed by atoms with Crippen LogP contribution in [0.4, 0.5) is 11.8 Å². The average molecular weight is 571 g/mol. The fourth-order valence-corrected chi connectivity index (χ4v) is 4.92. The van der Waals surface area contributed by atoms with Crippen molar-refractivity contribution >= 4 is 28.1 Å². The Balaban J connectivity index is 1.81. The van der Waals surface area contributed by atoms with Crippen LogP contribution in [0.2, 0.25) is 0 Å². The predicted molar refractivity (Wildman–Crippen MR) is 150 cm³/mol. The molecule has 214 valence electrons. The molecular formula is C28H34N4O7S. The highest BCUT2D eigenvalue weighted by atomic mass is 32.2. The summed E-state index contributed by atoms with van der Waals surface area (Å²) >= 11 is 0. The van der Waals surface area contributed by atoms with Gasteiger partial charge < -0.3 is 28.6 Å². The third-order valence-corrected chi connectivity index (χ3v) is 7.49. The Labute approximate surface area is 234 Å². The van der Waals surface area contributed by atoms with E-state index in [1.54, 1.807) is 48.5 Å². The number of para-hydroxylation sites is 2. The second kappa shape index (κ2) is 12.5. The van der Waals surface area contributed by atoms with Crippen molar-refractivity contribution in [3.05, 3.63) is 54.1 Å². The van der Waals surface area contributed by atoms with Crippen molar-refractivity contribution in [1.29, 1.82) is 0 Å². The highest BCUT2D eigenvalue weighted by Gasteiger charge is 2.27. The molecular weight excluding hydrogens is 536 g/mol. The van der Waals surface area contributed by atoms with E-state index in [1.807, 2.05) is 4.90 Å². The van der Waals surface area contributed by atoms with Gasteiger partial charge in [0.25, 0.3) is 15.9 Å². The van der Waals surface area contributed by atoms with Gasteiger partial charge in [0.15, 0.2) is 17.3 Å². The van der Waals surface area contributed by atoms with Gasteiger partial charge in [-0.3, -0.25) is 4.72 Å². The maximum absolute atomic E-state index is 13.6. The Hall–Kier alpha value is -3.90. The molecule has 0 amide bonds. The van der Waals surface area contributed by atoms with Gasteiger partial charge in [0.2, 0.25) is 11.7 Å².